The fourth-order valence-corrected chi connectivity index (χ4v) is 4.41. The fraction of sp³-hybridized carbons (Fsp3) is 0.172. The van der Waals surface area contributed by atoms with Crippen LogP contribution in [0.25, 0.3) is 5.70 Å². The molecule has 0 amide bonds. The number of carbonyl (C=O) groups excluding carboxylic acids is 2. The largest absolute Gasteiger partial charge is 0.463 e. The summed E-state index contributed by atoms with van der Waals surface area (Å²) < 4.78 is 11.9. The Morgan fingerprint density at radius 2 is 1.37 bits per heavy atom. The van der Waals surface area contributed by atoms with Crippen molar-refractivity contribution in [1.82, 2.24) is 0 Å². The molecule has 4 rings (SSSR count). The number of benzene rings is 3. The first kappa shape index (κ1) is 24.5. The average molecular weight is 532 g/mol. The van der Waals surface area contributed by atoms with Gasteiger partial charge < -0.3 is 14.4 Å². The second-order valence-corrected chi connectivity index (χ2v) is 8.74. The highest BCUT2D eigenvalue weighted by Gasteiger charge is 2.39. The lowest BCUT2D eigenvalue weighted by Gasteiger charge is -2.36. The summed E-state index contributed by atoms with van der Waals surface area (Å²) in [5.74, 6) is -1.65. The zero-order valence-electron chi connectivity index (χ0n) is 19.6. The number of carbonyl (C=O) groups is 2. The SMILES string of the molecule is CCOC(=O)C1=C(C(=O)OCC)N(c2ccccc2)C(c2ccccc2)=CC1c1ccc(Br)cc1. The van der Waals surface area contributed by atoms with E-state index in [9.17, 15) is 9.59 Å². The van der Waals surface area contributed by atoms with E-state index in [2.05, 4.69) is 15.9 Å². The Labute approximate surface area is 213 Å². The Bertz CT molecular complexity index is 1250. The Kier molecular flexibility index (Phi) is 7.83. The second-order valence-electron chi connectivity index (χ2n) is 7.82. The van der Waals surface area contributed by atoms with Gasteiger partial charge in [0.05, 0.1) is 24.5 Å². The first-order valence-electron chi connectivity index (χ1n) is 11.5. The van der Waals surface area contributed by atoms with Crippen molar-refractivity contribution in [2.24, 2.45) is 0 Å². The summed E-state index contributed by atoms with van der Waals surface area (Å²) >= 11 is 3.48. The second kappa shape index (κ2) is 11.2. The zero-order valence-corrected chi connectivity index (χ0v) is 21.2. The molecule has 5 nitrogen and oxygen atoms in total. The summed E-state index contributed by atoms with van der Waals surface area (Å²) in [7, 11) is 0. The van der Waals surface area contributed by atoms with Crippen molar-refractivity contribution in [2.75, 3.05) is 18.1 Å². The average Bonchev–Trinajstić information content (AvgIpc) is 2.89. The third-order valence-corrected chi connectivity index (χ3v) is 6.16. The molecule has 3 aromatic carbocycles. The quantitative estimate of drug-likeness (QED) is 0.327. The number of ether oxygens (including phenoxy) is 2. The lowest BCUT2D eigenvalue weighted by Crippen LogP contribution is -2.36. The molecule has 0 N–H and O–H groups in total. The molecule has 0 saturated heterocycles. The Hall–Kier alpha value is -3.64. The van der Waals surface area contributed by atoms with E-state index in [1.807, 2.05) is 91.0 Å². The lowest BCUT2D eigenvalue weighted by molar-refractivity contribution is -0.142. The number of anilines is 1. The number of nitrogens with zero attached hydrogens (tertiary/aromatic N) is 1. The lowest BCUT2D eigenvalue weighted by atomic mass is 9.84. The van der Waals surface area contributed by atoms with E-state index in [4.69, 9.17) is 9.47 Å². The van der Waals surface area contributed by atoms with E-state index in [-0.39, 0.29) is 24.5 Å². The molecule has 3 aromatic rings. The molecule has 0 radical (unpaired) electrons. The number of hydrogen-bond acceptors (Lipinski definition) is 5. The van der Waals surface area contributed by atoms with Crippen LogP contribution in [0.4, 0.5) is 5.69 Å². The van der Waals surface area contributed by atoms with Crippen molar-refractivity contribution in [3.8, 4) is 0 Å². The Balaban J connectivity index is 2.05. The summed E-state index contributed by atoms with van der Waals surface area (Å²) in [5, 5.41) is 0. The highest BCUT2D eigenvalue weighted by atomic mass is 79.9. The van der Waals surface area contributed by atoms with Crippen molar-refractivity contribution < 1.29 is 19.1 Å². The van der Waals surface area contributed by atoms with Crippen molar-refractivity contribution in [2.45, 2.75) is 19.8 Å². The molecule has 35 heavy (non-hydrogen) atoms. The molecule has 178 valence electrons. The molecule has 0 spiro atoms. The van der Waals surface area contributed by atoms with Crippen LogP contribution in [0, 0.1) is 0 Å². The maximum atomic E-state index is 13.5. The van der Waals surface area contributed by atoms with Crippen LogP contribution in [-0.2, 0) is 19.1 Å². The highest BCUT2D eigenvalue weighted by molar-refractivity contribution is 9.10. The van der Waals surface area contributed by atoms with Gasteiger partial charge in [0.15, 0.2) is 0 Å². The van der Waals surface area contributed by atoms with Gasteiger partial charge in [0.2, 0.25) is 0 Å². The molecular weight excluding hydrogens is 506 g/mol. The van der Waals surface area contributed by atoms with Crippen LogP contribution in [0.1, 0.15) is 30.9 Å². The van der Waals surface area contributed by atoms with Crippen LogP contribution in [0.2, 0.25) is 0 Å². The van der Waals surface area contributed by atoms with E-state index in [0.29, 0.717) is 0 Å². The van der Waals surface area contributed by atoms with Crippen LogP contribution in [-0.4, -0.2) is 25.2 Å². The van der Waals surface area contributed by atoms with Gasteiger partial charge in [0.1, 0.15) is 5.70 Å². The van der Waals surface area contributed by atoms with Gasteiger partial charge in [-0.25, -0.2) is 9.59 Å². The maximum absolute atomic E-state index is 13.5. The van der Waals surface area contributed by atoms with Gasteiger partial charge in [-0.2, -0.15) is 0 Å². The van der Waals surface area contributed by atoms with Crippen LogP contribution in [0.5, 0.6) is 0 Å². The van der Waals surface area contributed by atoms with Crippen molar-refractivity contribution >= 4 is 39.3 Å². The molecule has 0 saturated carbocycles. The van der Waals surface area contributed by atoms with Gasteiger partial charge in [-0.05, 0) is 55.3 Å². The molecule has 1 aliphatic rings. The van der Waals surface area contributed by atoms with Crippen LogP contribution < -0.4 is 4.90 Å². The molecule has 0 bridgehead atoms. The van der Waals surface area contributed by atoms with Gasteiger partial charge >= 0.3 is 11.9 Å². The molecule has 1 heterocycles. The van der Waals surface area contributed by atoms with Gasteiger partial charge in [-0.3, -0.25) is 0 Å². The smallest absolute Gasteiger partial charge is 0.355 e. The molecule has 1 aliphatic heterocycles. The monoisotopic (exact) mass is 531 g/mol. The van der Waals surface area contributed by atoms with Crippen molar-refractivity contribution in [3.05, 3.63) is 118 Å². The zero-order chi connectivity index (χ0) is 24.8. The van der Waals surface area contributed by atoms with E-state index >= 15 is 0 Å². The van der Waals surface area contributed by atoms with Gasteiger partial charge in [-0.1, -0.05) is 76.6 Å². The third kappa shape index (κ3) is 5.23. The minimum Gasteiger partial charge on any atom is -0.463 e. The number of allylic oxidation sites excluding steroid dienone is 1. The number of hydrogen-bond donors (Lipinski definition) is 0. The Morgan fingerprint density at radius 1 is 0.800 bits per heavy atom. The molecule has 0 aliphatic carbocycles. The van der Waals surface area contributed by atoms with E-state index < -0.39 is 17.9 Å². The first-order chi connectivity index (χ1) is 17.0. The fourth-order valence-electron chi connectivity index (χ4n) is 4.15. The van der Waals surface area contributed by atoms with Crippen LogP contribution in [0.15, 0.2) is 107 Å². The van der Waals surface area contributed by atoms with E-state index in [1.54, 1.807) is 18.7 Å². The predicted octanol–water partition coefficient (Wildman–Crippen LogP) is 6.47. The molecule has 1 unspecified atom stereocenters. The van der Waals surface area contributed by atoms with Gasteiger partial charge in [-0.15, -0.1) is 0 Å². The summed E-state index contributed by atoms with van der Waals surface area (Å²) in [5.41, 5.74) is 3.69. The maximum Gasteiger partial charge on any atom is 0.355 e. The molecular formula is C29H26BrNO4. The van der Waals surface area contributed by atoms with Gasteiger partial charge in [0, 0.05) is 16.1 Å². The summed E-state index contributed by atoms with van der Waals surface area (Å²) in [6.07, 6.45) is 2.01. The topological polar surface area (TPSA) is 55.8 Å². The third-order valence-electron chi connectivity index (χ3n) is 5.63. The summed E-state index contributed by atoms with van der Waals surface area (Å²) in [6.45, 7) is 3.86. The van der Waals surface area contributed by atoms with Crippen LogP contribution >= 0.6 is 15.9 Å². The van der Waals surface area contributed by atoms with E-state index in [1.165, 1.54) is 0 Å². The number of para-hydroxylation sites is 1. The Morgan fingerprint density at radius 3 is 1.97 bits per heavy atom. The minimum absolute atomic E-state index is 0.158. The van der Waals surface area contributed by atoms with E-state index in [0.717, 1.165) is 27.0 Å². The normalized spacial score (nSPS) is 15.5. The van der Waals surface area contributed by atoms with Crippen molar-refractivity contribution in [1.29, 1.82) is 0 Å². The number of halogens is 1. The summed E-state index contributed by atoms with van der Waals surface area (Å²) in [4.78, 5) is 28.8. The molecule has 0 aromatic heterocycles. The molecule has 6 heteroatoms. The summed E-state index contributed by atoms with van der Waals surface area (Å²) in [6, 6.07) is 27.0. The number of esters is 2. The van der Waals surface area contributed by atoms with Gasteiger partial charge in [0.25, 0.3) is 0 Å². The molecule has 0 fully saturated rings. The highest BCUT2D eigenvalue weighted by Crippen LogP contribution is 2.43. The minimum atomic E-state index is -0.581. The number of rotatable bonds is 7. The standard InChI is InChI=1S/C29H26BrNO4/c1-3-34-28(32)26-24(20-15-17-22(30)18-16-20)19-25(21-11-7-5-8-12-21)31(23-13-9-6-10-14-23)27(26)29(33)35-4-2/h5-19,24H,3-4H2,1-2H3. The molecule has 1 atom stereocenters. The first-order valence-corrected chi connectivity index (χ1v) is 12.3. The van der Waals surface area contributed by atoms with Crippen molar-refractivity contribution in [3.63, 3.8) is 0 Å². The predicted molar refractivity (Wildman–Crippen MR) is 141 cm³/mol. The van der Waals surface area contributed by atoms with Crippen LogP contribution in [0.3, 0.4) is 0 Å².